The molecule has 1 heterocycles. The summed E-state index contributed by atoms with van der Waals surface area (Å²) in [5.74, 6) is 0.288. The highest BCUT2D eigenvalue weighted by Gasteiger charge is 2.42. The second-order valence-corrected chi connectivity index (χ2v) is 6.37. The van der Waals surface area contributed by atoms with E-state index in [-0.39, 0.29) is 29.8 Å². The summed E-state index contributed by atoms with van der Waals surface area (Å²) in [6.45, 7) is 7.31. The van der Waals surface area contributed by atoms with Gasteiger partial charge in [0, 0.05) is 13.1 Å². The molecule has 2 atom stereocenters. The third-order valence-electron chi connectivity index (χ3n) is 3.69. The number of hydrogen-bond acceptors (Lipinski definition) is 4. The first-order valence-electron chi connectivity index (χ1n) is 6.48. The Hall–Kier alpha value is -0.610. The smallest absolute Gasteiger partial charge is 0.309 e. The van der Waals surface area contributed by atoms with Crippen LogP contribution in [0.3, 0.4) is 0 Å². The van der Waals surface area contributed by atoms with Crippen LogP contribution in [0.25, 0.3) is 0 Å². The lowest BCUT2D eigenvalue weighted by Gasteiger charge is -2.43. The molecule has 17 heavy (non-hydrogen) atoms. The van der Waals surface area contributed by atoms with Crippen molar-refractivity contribution in [3.63, 3.8) is 0 Å². The second kappa shape index (κ2) is 4.58. The number of fused-ring (bicyclic) bond motifs is 2. The van der Waals surface area contributed by atoms with E-state index in [9.17, 15) is 9.90 Å². The van der Waals surface area contributed by atoms with E-state index in [0.717, 1.165) is 25.9 Å². The third-order valence-corrected chi connectivity index (χ3v) is 3.69. The molecule has 1 aliphatic heterocycles. The Bertz CT molecular complexity index is 284. The Morgan fingerprint density at radius 2 is 1.76 bits per heavy atom. The summed E-state index contributed by atoms with van der Waals surface area (Å²) in [5.41, 5.74) is -0.416. The molecule has 1 aliphatic carbocycles. The van der Waals surface area contributed by atoms with Crippen LogP contribution in [0.1, 0.15) is 33.6 Å². The fraction of sp³-hybridized carbons (Fsp3) is 0.923. The minimum absolute atomic E-state index is 0.0327. The fourth-order valence-corrected chi connectivity index (χ4v) is 2.93. The van der Waals surface area contributed by atoms with Gasteiger partial charge in [0.05, 0.1) is 12.0 Å². The third kappa shape index (κ3) is 2.99. The number of carbonyl (C=O) groups is 1. The van der Waals surface area contributed by atoms with Crippen LogP contribution < -0.4 is 5.32 Å². The zero-order valence-corrected chi connectivity index (χ0v) is 10.9. The number of rotatable bonds is 1. The van der Waals surface area contributed by atoms with Crippen molar-refractivity contribution in [2.75, 3.05) is 13.1 Å². The Labute approximate surface area is 103 Å². The zero-order valence-electron chi connectivity index (χ0n) is 10.9. The molecule has 2 aliphatic rings. The van der Waals surface area contributed by atoms with Crippen LogP contribution in [0.15, 0.2) is 0 Å². The molecule has 0 aromatic heterocycles. The Kier molecular flexibility index (Phi) is 3.46. The van der Waals surface area contributed by atoms with Crippen LogP contribution in [0, 0.1) is 17.8 Å². The molecule has 0 spiro atoms. The molecule has 2 fully saturated rings. The molecule has 1 saturated carbocycles. The fourth-order valence-electron chi connectivity index (χ4n) is 2.93. The monoisotopic (exact) mass is 241 g/mol. The number of carbonyl (C=O) groups excluding carboxylic acids is 1. The molecule has 0 aromatic rings. The molecule has 2 rings (SSSR count). The molecule has 4 heteroatoms. The Balaban J connectivity index is 1.97. The summed E-state index contributed by atoms with van der Waals surface area (Å²) in [5, 5.41) is 13.3. The van der Waals surface area contributed by atoms with Gasteiger partial charge < -0.3 is 15.2 Å². The predicted octanol–water partition coefficient (Wildman–Crippen LogP) is 0.935. The van der Waals surface area contributed by atoms with Crippen molar-refractivity contribution in [2.24, 2.45) is 17.8 Å². The largest absolute Gasteiger partial charge is 0.460 e. The van der Waals surface area contributed by atoms with Crippen LogP contribution in [0.4, 0.5) is 0 Å². The normalized spacial score (nSPS) is 37.6. The van der Waals surface area contributed by atoms with Crippen LogP contribution in [-0.2, 0) is 9.53 Å². The molecule has 1 saturated heterocycles. The van der Waals surface area contributed by atoms with Crippen molar-refractivity contribution < 1.29 is 14.6 Å². The van der Waals surface area contributed by atoms with Gasteiger partial charge in [-0.15, -0.1) is 0 Å². The summed E-state index contributed by atoms with van der Waals surface area (Å²) < 4.78 is 5.44. The Morgan fingerprint density at radius 3 is 2.24 bits per heavy atom. The van der Waals surface area contributed by atoms with Gasteiger partial charge >= 0.3 is 5.97 Å². The quantitative estimate of drug-likeness (QED) is 0.671. The number of aliphatic hydroxyl groups excluding tert-OH is 1. The maximum Gasteiger partial charge on any atom is 0.309 e. The van der Waals surface area contributed by atoms with Crippen LogP contribution in [-0.4, -0.2) is 35.9 Å². The minimum Gasteiger partial charge on any atom is -0.460 e. The molecular formula is C13H23NO3. The molecule has 2 N–H and O–H groups in total. The first-order valence-corrected chi connectivity index (χ1v) is 6.48. The van der Waals surface area contributed by atoms with Crippen molar-refractivity contribution in [3.8, 4) is 0 Å². The average Bonchev–Trinajstić information content (AvgIpc) is 2.13. The number of aliphatic hydroxyl groups is 1. The summed E-state index contributed by atoms with van der Waals surface area (Å²) in [6.07, 6.45) is 1.26. The van der Waals surface area contributed by atoms with Gasteiger partial charge in [-0.05, 0) is 45.4 Å². The van der Waals surface area contributed by atoms with Crippen molar-refractivity contribution in [1.82, 2.24) is 5.32 Å². The van der Waals surface area contributed by atoms with Gasteiger partial charge in [0.2, 0.25) is 0 Å². The van der Waals surface area contributed by atoms with Crippen molar-refractivity contribution in [1.29, 1.82) is 0 Å². The standard InChI is InChI=1S/C13H23NO3/c1-13(2,3)17-12(16)8-4-9-6-14-7-10(5-8)11(9)15/h8-11,14-15H,4-7H2,1-3H3. The van der Waals surface area contributed by atoms with Crippen LogP contribution in [0.2, 0.25) is 0 Å². The van der Waals surface area contributed by atoms with Crippen molar-refractivity contribution in [3.05, 3.63) is 0 Å². The molecule has 2 unspecified atom stereocenters. The maximum atomic E-state index is 12.0. The van der Waals surface area contributed by atoms with Crippen LogP contribution >= 0.6 is 0 Å². The lowest BCUT2D eigenvalue weighted by molar-refractivity contribution is -0.165. The van der Waals surface area contributed by atoms with E-state index in [1.807, 2.05) is 20.8 Å². The first kappa shape index (κ1) is 12.8. The van der Waals surface area contributed by atoms with E-state index < -0.39 is 5.60 Å². The zero-order chi connectivity index (χ0) is 12.6. The lowest BCUT2D eigenvalue weighted by atomic mass is 9.71. The van der Waals surface area contributed by atoms with Gasteiger partial charge in [0.15, 0.2) is 0 Å². The van der Waals surface area contributed by atoms with Gasteiger partial charge in [-0.2, -0.15) is 0 Å². The number of nitrogens with one attached hydrogen (secondary N) is 1. The predicted molar refractivity (Wildman–Crippen MR) is 64.4 cm³/mol. The summed E-state index contributed by atoms with van der Waals surface area (Å²) in [6, 6.07) is 0. The van der Waals surface area contributed by atoms with E-state index in [4.69, 9.17) is 4.74 Å². The Morgan fingerprint density at radius 1 is 1.24 bits per heavy atom. The van der Waals surface area contributed by atoms with Crippen LogP contribution in [0.5, 0.6) is 0 Å². The summed E-state index contributed by atoms with van der Waals surface area (Å²) >= 11 is 0. The van der Waals surface area contributed by atoms with E-state index in [1.165, 1.54) is 0 Å². The van der Waals surface area contributed by atoms with Gasteiger partial charge in [0.25, 0.3) is 0 Å². The number of esters is 1. The highest BCUT2D eigenvalue weighted by atomic mass is 16.6. The second-order valence-electron chi connectivity index (χ2n) is 6.37. The molecular weight excluding hydrogens is 218 g/mol. The van der Waals surface area contributed by atoms with Crippen molar-refractivity contribution >= 4 is 5.97 Å². The molecule has 2 bridgehead atoms. The van der Waals surface area contributed by atoms with Gasteiger partial charge in [-0.25, -0.2) is 0 Å². The molecule has 4 nitrogen and oxygen atoms in total. The highest BCUT2D eigenvalue weighted by molar-refractivity contribution is 5.73. The topological polar surface area (TPSA) is 58.6 Å². The van der Waals surface area contributed by atoms with E-state index in [1.54, 1.807) is 0 Å². The van der Waals surface area contributed by atoms with E-state index >= 15 is 0 Å². The van der Waals surface area contributed by atoms with Crippen molar-refractivity contribution in [2.45, 2.75) is 45.3 Å². The molecule has 98 valence electrons. The maximum absolute atomic E-state index is 12.0. The average molecular weight is 241 g/mol. The van der Waals surface area contributed by atoms with E-state index in [2.05, 4.69) is 5.32 Å². The van der Waals surface area contributed by atoms with Gasteiger partial charge in [-0.1, -0.05) is 0 Å². The molecule has 0 radical (unpaired) electrons. The number of hydrogen-bond donors (Lipinski definition) is 2. The highest BCUT2D eigenvalue weighted by Crippen LogP contribution is 2.36. The van der Waals surface area contributed by atoms with E-state index in [0.29, 0.717) is 0 Å². The molecule has 0 amide bonds. The molecule has 0 aromatic carbocycles. The lowest BCUT2D eigenvalue weighted by Crippen LogP contribution is -2.52. The number of ether oxygens (including phenoxy) is 1. The van der Waals surface area contributed by atoms with Gasteiger partial charge in [-0.3, -0.25) is 4.79 Å². The summed E-state index contributed by atoms with van der Waals surface area (Å²) in [4.78, 5) is 12.0. The minimum atomic E-state index is -0.416. The first-order chi connectivity index (χ1) is 7.87. The number of piperidine rings is 1. The van der Waals surface area contributed by atoms with Gasteiger partial charge in [0.1, 0.15) is 5.60 Å². The SMILES string of the molecule is CC(C)(C)OC(=O)C1CC2CNCC(C1)C2O. The summed E-state index contributed by atoms with van der Waals surface area (Å²) in [7, 11) is 0.